The molecule has 5 heteroatoms. The van der Waals surface area contributed by atoms with E-state index in [-0.39, 0.29) is 6.04 Å². The standard InChI is InChI=1S/C17H20N4O/c1-2-22-13-7-5-6-12(10-13)14-11-15(14)20-17(18)21-16-8-3-4-9-19-16/h3-10,14-15H,2,11H2,1H3,(H3,18,19,20,21)/t14-,15+/m0/s1. The number of aliphatic imine (C=N–C) groups is 1. The van der Waals surface area contributed by atoms with Gasteiger partial charge in [0.1, 0.15) is 11.6 Å². The number of hydrogen-bond acceptors (Lipinski definition) is 3. The second-order valence-corrected chi connectivity index (χ2v) is 5.27. The average molecular weight is 296 g/mol. The molecule has 1 aliphatic rings. The Balaban J connectivity index is 1.62. The predicted octanol–water partition coefficient (Wildman–Crippen LogP) is 2.76. The van der Waals surface area contributed by atoms with Crippen molar-refractivity contribution in [2.75, 3.05) is 11.9 Å². The fraction of sp³-hybridized carbons (Fsp3) is 0.294. The summed E-state index contributed by atoms with van der Waals surface area (Å²) in [6, 6.07) is 14.1. The average Bonchev–Trinajstić information content (AvgIpc) is 3.28. The largest absolute Gasteiger partial charge is 0.494 e. The monoisotopic (exact) mass is 296 g/mol. The maximum atomic E-state index is 5.94. The van der Waals surface area contributed by atoms with Gasteiger partial charge in [-0.3, -0.25) is 0 Å². The Morgan fingerprint density at radius 2 is 2.27 bits per heavy atom. The number of rotatable bonds is 5. The Labute approximate surface area is 130 Å². The Morgan fingerprint density at radius 3 is 3.05 bits per heavy atom. The van der Waals surface area contributed by atoms with E-state index in [1.54, 1.807) is 6.20 Å². The first-order valence-corrected chi connectivity index (χ1v) is 7.50. The van der Waals surface area contributed by atoms with Crippen molar-refractivity contribution in [2.45, 2.75) is 25.3 Å². The maximum Gasteiger partial charge on any atom is 0.194 e. The van der Waals surface area contributed by atoms with Crippen LogP contribution in [0.15, 0.2) is 53.7 Å². The van der Waals surface area contributed by atoms with Gasteiger partial charge in [-0.15, -0.1) is 0 Å². The number of hydrogen-bond donors (Lipinski definition) is 2. The predicted molar refractivity (Wildman–Crippen MR) is 88.2 cm³/mol. The second-order valence-electron chi connectivity index (χ2n) is 5.27. The lowest BCUT2D eigenvalue weighted by Gasteiger charge is -2.06. The van der Waals surface area contributed by atoms with Crippen molar-refractivity contribution in [1.82, 2.24) is 4.98 Å². The van der Waals surface area contributed by atoms with Crippen LogP contribution in [0.4, 0.5) is 5.82 Å². The van der Waals surface area contributed by atoms with Crippen molar-refractivity contribution < 1.29 is 4.74 Å². The van der Waals surface area contributed by atoms with Crippen molar-refractivity contribution in [3.05, 3.63) is 54.2 Å². The minimum Gasteiger partial charge on any atom is -0.494 e. The molecule has 0 saturated heterocycles. The van der Waals surface area contributed by atoms with Crippen molar-refractivity contribution in [1.29, 1.82) is 0 Å². The molecule has 0 spiro atoms. The molecule has 0 radical (unpaired) electrons. The van der Waals surface area contributed by atoms with Gasteiger partial charge in [-0.1, -0.05) is 18.2 Å². The number of aromatic nitrogens is 1. The van der Waals surface area contributed by atoms with Crippen LogP contribution in [0.2, 0.25) is 0 Å². The van der Waals surface area contributed by atoms with Crippen molar-refractivity contribution in [3.63, 3.8) is 0 Å². The van der Waals surface area contributed by atoms with E-state index >= 15 is 0 Å². The Morgan fingerprint density at radius 1 is 1.36 bits per heavy atom. The zero-order valence-corrected chi connectivity index (χ0v) is 12.6. The zero-order valence-electron chi connectivity index (χ0n) is 12.6. The molecule has 0 amide bonds. The lowest BCUT2D eigenvalue weighted by molar-refractivity contribution is 0.340. The van der Waals surface area contributed by atoms with Gasteiger partial charge >= 0.3 is 0 Å². The molecule has 3 N–H and O–H groups in total. The van der Waals surface area contributed by atoms with Crippen molar-refractivity contribution in [3.8, 4) is 5.75 Å². The number of guanidine groups is 1. The number of nitrogens with zero attached hydrogens (tertiary/aromatic N) is 2. The summed E-state index contributed by atoms with van der Waals surface area (Å²) in [6.07, 6.45) is 2.73. The van der Waals surface area contributed by atoms with Gasteiger partial charge in [-0.05, 0) is 43.2 Å². The summed E-state index contributed by atoms with van der Waals surface area (Å²) < 4.78 is 5.54. The van der Waals surface area contributed by atoms with E-state index in [0.29, 0.717) is 24.3 Å². The molecule has 0 aliphatic heterocycles. The van der Waals surface area contributed by atoms with Gasteiger partial charge in [0.05, 0.1) is 12.6 Å². The van der Waals surface area contributed by atoms with Gasteiger partial charge in [0.15, 0.2) is 5.96 Å². The summed E-state index contributed by atoms with van der Waals surface area (Å²) in [7, 11) is 0. The van der Waals surface area contributed by atoms with E-state index in [0.717, 1.165) is 12.2 Å². The molecule has 0 unspecified atom stereocenters. The molecule has 0 bridgehead atoms. The van der Waals surface area contributed by atoms with Crippen LogP contribution < -0.4 is 15.8 Å². The van der Waals surface area contributed by atoms with Crippen LogP contribution in [-0.4, -0.2) is 23.6 Å². The van der Waals surface area contributed by atoms with Crippen LogP contribution in [0.1, 0.15) is 24.8 Å². The van der Waals surface area contributed by atoms with E-state index in [4.69, 9.17) is 10.5 Å². The van der Waals surface area contributed by atoms with Gasteiger partial charge in [0.2, 0.25) is 0 Å². The van der Waals surface area contributed by atoms with E-state index in [1.807, 2.05) is 37.3 Å². The molecule has 3 rings (SSSR count). The Hall–Kier alpha value is -2.56. The lowest BCUT2D eigenvalue weighted by Crippen LogP contribution is -2.23. The van der Waals surface area contributed by atoms with Crippen LogP contribution in [0.5, 0.6) is 5.75 Å². The third-order valence-corrected chi connectivity index (χ3v) is 3.58. The summed E-state index contributed by atoms with van der Waals surface area (Å²) in [6.45, 7) is 2.66. The molecule has 22 heavy (non-hydrogen) atoms. The molecule has 1 aromatic carbocycles. The topological polar surface area (TPSA) is 72.5 Å². The number of benzene rings is 1. The molecule has 2 atom stereocenters. The highest BCUT2D eigenvalue weighted by atomic mass is 16.5. The summed E-state index contributed by atoms with van der Waals surface area (Å²) in [5, 5.41) is 3.01. The molecule has 1 fully saturated rings. The van der Waals surface area contributed by atoms with E-state index < -0.39 is 0 Å². The molecule has 2 aromatic rings. The van der Waals surface area contributed by atoms with Crippen molar-refractivity contribution in [2.24, 2.45) is 10.7 Å². The quantitative estimate of drug-likeness (QED) is 0.657. The fourth-order valence-electron chi connectivity index (χ4n) is 2.46. The smallest absolute Gasteiger partial charge is 0.194 e. The first-order chi connectivity index (χ1) is 10.8. The first-order valence-electron chi connectivity index (χ1n) is 7.50. The SMILES string of the molecule is CCOc1cccc([C@@H]2C[C@H]2N=C(N)Nc2ccccn2)c1. The summed E-state index contributed by atoms with van der Waals surface area (Å²) in [4.78, 5) is 8.69. The number of anilines is 1. The summed E-state index contributed by atoms with van der Waals surface area (Å²) in [5.41, 5.74) is 7.19. The van der Waals surface area contributed by atoms with E-state index in [2.05, 4.69) is 27.4 Å². The molecule has 1 aromatic heterocycles. The van der Waals surface area contributed by atoms with Gasteiger partial charge in [0.25, 0.3) is 0 Å². The summed E-state index contributed by atoms with van der Waals surface area (Å²) in [5.74, 6) is 2.45. The Bertz CT molecular complexity index is 657. The van der Waals surface area contributed by atoms with Crippen LogP contribution in [0.3, 0.4) is 0 Å². The highest BCUT2D eigenvalue weighted by Gasteiger charge is 2.38. The van der Waals surface area contributed by atoms with E-state index in [1.165, 1.54) is 5.56 Å². The normalized spacial score (nSPS) is 20.5. The van der Waals surface area contributed by atoms with Gasteiger partial charge in [0, 0.05) is 12.1 Å². The molecule has 1 heterocycles. The third-order valence-electron chi connectivity index (χ3n) is 3.58. The van der Waals surface area contributed by atoms with Gasteiger partial charge < -0.3 is 15.8 Å². The van der Waals surface area contributed by atoms with Crippen molar-refractivity contribution >= 4 is 11.8 Å². The summed E-state index contributed by atoms with van der Waals surface area (Å²) >= 11 is 0. The highest BCUT2D eigenvalue weighted by Crippen LogP contribution is 2.44. The second kappa shape index (κ2) is 6.47. The number of nitrogens with two attached hydrogens (primary N) is 1. The van der Waals surface area contributed by atoms with E-state index in [9.17, 15) is 0 Å². The Kier molecular flexibility index (Phi) is 4.23. The minimum atomic E-state index is 0.230. The zero-order chi connectivity index (χ0) is 15.4. The molecule has 114 valence electrons. The molecular formula is C17H20N4O. The van der Waals surface area contributed by atoms with Gasteiger partial charge in [-0.25, -0.2) is 9.98 Å². The molecule has 1 saturated carbocycles. The number of ether oxygens (including phenoxy) is 1. The maximum absolute atomic E-state index is 5.94. The molecular weight excluding hydrogens is 276 g/mol. The van der Waals surface area contributed by atoms with Crippen LogP contribution in [-0.2, 0) is 0 Å². The van der Waals surface area contributed by atoms with Gasteiger partial charge in [-0.2, -0.15) is 0 Å². The number of pyridine rings is 1. The highest BCUT2D eigenvalue weighted by molar-refractivity contribution is 5.91. The minimum absolute atomic E-state index is 0.230. The fourth-order valence-corrected chi connectivity index (χ4v) is 2.46. The molecule has 1 aliphatic carbocycles. The van der Waals surface area contributed by atoms with Crippen LogP contribution in [0, 0.1) is 0 Å². The molecule has 5 nitrogen and oxygen atoms in total. The van der Waals surface area contributed by atoms with Crippen LogP contribution >= 0.6 is 0 Å². The van der Waals surface area contributed by atoms with Crippen LogP contribution in [0.25, 0.3) is 0 Å². The number of nitrogens with one attached hydrogen (secondary N) is 1. The lowest BCUT2D eigenvalue weighted by atomic mass is 10.1. The third kappa shape index (κ3) is 3.55. The first kappa shape index (κ1) is 14.4.